The molecule has 1 atom stereocenters. The van der Waals surface area contributed by atoms with Gasteiger partial charge >= 0.3 is 5.97 Å². The van der Waals surface area contributed by atoms with Gasteiger partial charge in [0.1, 0.15) is 11.7 Å². The van der Waals surface area contributed by atoms with Crippen LogP contribution in [0.2, 0.25) is 0 Å². The van der Waals surface area contributed by atoms with Crippen LogP contribution in [0.4, 0.5) is 0 Å². The van der Waals surface area contributed by atoms with Gasteiger partial charge < -0.3 is 4.74 Å². The molecular formula is C9H12N2O2. The van der Waals surface area contributed by atoms with Crippen LogP contribution in [0.15, 0.2) is 0 Å². The summed E-state index contributed by atoms with van der Waals surface area (Å²) in [6, 6.07) is 0. The number of ether oxygens (including phenoxy) is 1. The van der Waals surface area contributed by atoms with Gasteiger partial charge in [0, 0.05) is 13.5 Å². The fourth-order valence-corrected chi connectivity index (χ4v) is 1.76. The van der Waals surface area contributed by atoms with Crippen LogP contribution >= 0.6 is 0 Å². The third-order valence-corrected chi connectivity index (χ3v) is 2.33. The molecule has 13 heavy (non-hydrogen) atoms. The molecule has 70 valence electrons. The van der Waals surface area contributed by atoms with Crippen LogP contribution in [0.3, 0.4) is 0 Å². The molecule has 1 aliphatic rings. The maximum Gasteiger partial charge on any atom is 0.342 e. The van der Waals surface area contributed by atoms with Crippen molar-refractivity contribution >= 4 is 5.97 Å². The molecular weight excluding hydrogens is 168 g/mol. The first kappa shape index (κ1) is 8.29. The minimum atomic E-state index is -0.237. The summed E-state index contributed by atoms with van der Waals surface area (Å²) in [5.74, 6) is -0.237. The second-order valence-electron chi connectivity index (χ2n) is 3.45. The monoisotopic (exact) mass is 180 g/mol. The molecule has 1 unspecified atom stereocenters. The van der Waals surface area contributed by atoms with Crippen molar-refractivity contribution in [1.29, 1.82) is 0 Å². The van der Waals surface area contributed by atoms with E-state index in [9.17, 15) is 4.79 Å². The van der Waals surface area contributed by atoms with Crippen LogP contribution in [0, 0.1) is 6.92 Å². The summed E-state index contributed by atoms with van der Waals surface area (Å²) in [5, 5.41) is 4.19. The molecule has 0 spiro atoms. The lowest BCUT2D eigenvalue weighted by Crippen LogP contribution is -2.26. The van der Waals surface area contributed by atoms with E-state index in [0.717, 1.165) is 17.8 Å². The summed E-state index contributed by atoms with van der Waals surface area (Å²) < 4.78 is 6.88. The Balaban J connectivity index is 2.57. The van der Waals surface area contributed by atoms with E-state index in [1.54, 1.807) is 4.68 Å². The van der Waals surface area contributed by atoms with Crippen LogP contribution in [-0.2, 0) is 18.2 Å². The lowest BCUT2D eigenvalue weighted by molar-refractivity contribution is 0.0295. The highest BCUT2D eigenvalue weighted by Gasteiger charge is 2.29. The first-order chi connectivity index (χ1) is 6.09. The van der Waals surface area contributed by atoms with Gasteiger partial charge in [0.15, 0.2) is 0 Å². The molecule has 0 saturated heterocycles. The number of rotatable bonds is 0. The Hall–Kier alpha value is -1.32. The molecule has 0 fully saturated rings. The second-order valence-corrected chi connectivity index (χ2v) is 3.45. The standard InChI is InChI=1S/C9H12N2O2/c1-5-4-7-8(9(12)13-5)6(2)10-11(7)3/h5H,4H2,1-3H3. The number of cyclic esters (lactones) is 1. The van der Waals surface area contributed by atoms with E-state index < -0.39 is 0 Å². The number of aryl methyl sites for hydroxylation is 2. The topological polar surface area (TPSA) is 44.1 Å². The normalized spacial score (nSPS) is 21.2. The summed E-state index contributed by atoms with van der Waals surface area (Å²) in [6.07, 6.45) is 0.730. The molecule has 2 heterocycles. The van der Waals surface area contributed by atoms with E-state index in [4.69, 9.17) is 4.74 Å². The van der Waals surface area contributed by atoms with Crippen molar-refractivity contribution in [3.63, 3.8) is 0 Å². The minimum absolute atomic E-state index is 0.0326. The third kappa shape index (κ3) is 1.13. The van der Waals surface area contributed by atoms with Crippen molar-refractivity contribution < 1.29 is 9.53 Å². The van der Waals surface area contributed by atoms with Gasteiger partial charge in [-0.15, -0.1) is 0 Å². The minimum Gasteiger partial charge on any atom is -0.459 e. The predicted octanol–water partition coefficient (Wildman–Crippen LogP) is 0.830. The average molecular weight is 180 g/mol. The molecule has 0 amide bonds. The lowest BCUT2D eigenvalue weighted by atomic mass is 10.1. The van der Waals surface area contributed by atoms with Crippen LogP contribution in [0.5, 0.6) is 0 Å². The van der Waals surface area contributed by atoms with Gasteiger partial charge in [-0.1, -0.05) is 0 Å². The fraction of sp³-hybridized carbons (Fsp3) is 0.556. The molecule has 1 aromatic rings. The number of aromatic nitrogens is 2. The van der Waals surface area contributed by atoms with Crippen LogP contribution < -0.4 is 0 Å². The Morgan fingerprint density at radius 3 is 3.00 bits per heavy atom. The Morgan fingerprint density at radius 2 is 2.31 bits per heavy atom. The van der Waals surface area contributed by atoms with Gasteiger partial charge in [-0.05, 0) is 13.8 Å². The first-order valence-electron chi connectivity index (χ1n) is 4.33. The van der Waals surface area contributed by atoms with Gasteiger partial charge in [-0.2, -0.15) is 5.10 Å². The summed E-state index contributed by atoms with van der Waals surface area (Å²) in [7, 11) is 1.86. The highest BCUT2D eigenvalue weighted by Crippen LogP contribution is 2.22. The third-order valence-electron chi connectivity index (χ3n) is 2.33. The van der Waals surface area contributed by atoms with Crippen LogP contribution in [-0.4, -0.2) is 21.9 Å². The van der Waals surface area contributed by atoms with E-state index in [1.165, 1.54) is 0 Å². The van der Waals surface area contributed by atoms with Crippen molar-refractivity contribution in [3.8, 4) is 0 Å². The van der Waals surface area contributed by atoms with Crippen molar-refractivity contribution in [2.45, 2.75) is 26.4 Å². The summed E-state index contributed by atoms with van der Waals surface area (Å²) in [6.45, 7) is 3.72. The largest absolute Gasteiger partial charge is 0.459 e. The van der Waals surface area contributed by atoms with E-state index in [0.29, 0.717) is 5.56 Å². The number of carbonyl (C=O) groups excluding carboxylic acids is 1. The zero-order valence-corrected chi connectivity index (χ0v) is 8.00. The van der Waals surface area contributed by atoms with E-state index in [1.807, 2.05) is 20.9 Å². The van der Waals surface area contributed by atoms with Gasteiger partial charge in [0.2, 0.25) is 0 Å². The van der Waals surface area contributed by atoms with Crippen molar-refractivity contribution in [1.82, 2.24) is 9.78 Å². The molecule has 0 saturated carbocycles. The highest BCUT2D eigenvalue weighted by atomic mass is 16.5. The van der Waals surface area contributed by atoms with Crippen LogP contribution in [0.1, 0.15) is 28.7 Å². The van der Waals surface area contributed by atoms with E-state index in [2.05, 4.69) is 5.10 Å². The molecule has 1 aliphatic heterocycles. The van der Waals surface area contributed by atoms with Gasteiger partial charge in [-0.25, -0.2) is 4.79 Å². The number of fused-ring (bicyclic) bond motifs is 1. The van der Waals surface area contributed by atoms with E-state index in [-0.39, 0.29) is 12.1 Å². The molecule has 2 rings (SSSR count). The molecule has 4 heteroatoms. The molecule has 0 aliphatic carbocycles. The van der Waals surface area contributed by atoms with Gasteiger partial charge in [0.05, 0.1) is 11.4 Å². The fourth-order valence-electron chi connectivity index (χ4n) is 1.76. The maximum atomic E-state index is 11.5. The first-order valence-corrected chi connectivity index (χ1v) is 4.33. The molecule has 0 radical (unpaired) electrons. The number of esters is 1. The zero-order chi connectivity index (χ0) is 9.59. The second kappa shape index (κ2) is 2.58. The summed E-state index contributed by atoms with van der Waals surface area (Å²) in [4.78, 5) is 11.5. The molecule has 0 N–H and O–H groups in total. The molecule has 4 nitrogen and oxygen atoms in total. The quantitative estimate of drug-likeness (QED) is 0.555. The van der Waals surface area contributed by atoms with Crippen LogP contribution in [0.25, 0.3) is 0 Å². The van der Waals surface area contributed by atoms with Crippen molar-refractivity contribution in [2.24, 2.45) is 7.05 Å². The maximum absolute atomic E-state index is 11.5. The lowest BCUT2D eigenvalue weighted by Gasteiger charge is -2.19. The summed E-state index contributed by atoms with van der Waals surface area (Å²) >= 11 is 0. The number of hydrogen-bond donors (Lipinski definition) is 0. The highest BCUT2D eigenvalue weighted by molar-refractivity contribution is 5.92. The van der Waals surface area contributed by atoms with Crippen molar-refractivity contribution in [2.75, 3.05) is 0 Å². The Bertz CT molecular complexity index is 368. The molecule has 1 aromatic heterocycles. The number of hydrogen-bond acceptors (Lipinski definition) is 3. The number of carbonyl (C=O) groups is 1. The number of nitrogens with zero attached hydrogens (tertiary/aromatic N) is 2. The predicted molar refractivity (Wildman–Crippen MR) is 46.5 cm³/mol. The molecule has 0 bridgehead atoms. The smallest absolute Gasteiger partial charge is 0.342 e. The van der Waals surface area contributed by atoms with Gasteiger partial charge in [-0.3, -0.25) is 4.68 Å². The van der Waals surface area contributed by atoms with Gasteiger partial charge in [0.25, 0.3) is 0 Å². The zero-order valence-electron chi connectivity index (χ0n) is 8.00. The van der Waals surface area contributed by atoms with E-state index >= 15 is 0 Å². The Kier molecular flexibility index (Phi) is 1.65. The SMILES string of the molecule is Cc1nn(C)c2c1C(=O)OC(C)C2. The molecule has 0 aromatic carbocycles. The Morgan fingerprint density at radius 1 is 1.62 bits per heavy atom. The Labute approximate surface area is 76.5 Å². The van der Waals surface area contributed by atoms with Crippen molar-refractivity contribution in [3.05, 3.63) is 17.0 Å². The summed E-state index contributed by atoms with van der Waals surface area (Å²) in [5.41, 5.74) is 2.40. The average Bonchev–Trinajstić information content (AvgIpc) is 2.27.